The molecule has 0 aliphatic carbocycles. The number of nitrogens with two attached hydrogens (primary N) is 1. The fraction of sp³-hybridized carbons (Fsp3) is 0.355. The number of fused-ring (bicyclic) bond motifs is 2. The standard InChI is InChI=1S/C31H33Cl2FN4O3/c1-30(2,3)14-24-31(15-36-22-13-17(32)9-10-19(22)31)25(18-6-5-7-20(33)26(18)34)27(38-24)29(40)37-21-11-8-16(28(35)39)12-23(21)41-4/h5-13,24-25,27,36,38H,14-15H2,1-4H3,(H2,35,39)(H,37,40). The summed E-state index contributed by atoms with van der Waals surface area (Å²) in [7, 11) is 1.44. The molecule has 5 N–H and O–H groups in total. The van der Waals surface area contributed by atoms with Crippen LogP contribution in [-0.2, 0) is 10.2 Å². The predicted octanol–water partition coefficient (Wildman–Crippen LogP) is 6.10. The molecule has 2 amide bonds. The molecule has 0 saturated carbocycles. The molecule has 216 valence electrons. The lowest BCUT2D eigenvalue weighted by Crippen LogP contribution is -2.46. The molecule has 5 rings (SSSR count). The smallest absolute Gasteiger partial charge is 0.248 e. The Balaban J connectivity index is 1.66. The lowest BCUT2D eigenvalue weighted by molar-refractivity contribution is -0.118. The number of hydrogen-bond donors (Lipinski definition) is 4. The summed E-state index contributed by atoms with van der Waals surface area (Å²) in [5.74, 6) is -1.91. The second-order valence-corrected chi connectivity index (χ2v) is 12.8. The Kier molecular flexibility index (Phi) is 7.70. The summed E-state index contributed by atoms with van der Waals surface area (Å²) in [5.41, 5.74) is 7.38. The second kappa shape index (κ2) is 10.8. The van der Waals surface area contributed by atoms with Crippen LogP contribution in [-0.4, -0.2) is 37.6 Å². The van der Waals surface area contributed by atoms with Crippen molar-refractivity contribution in [3.63, 3.8) is 0 Å². The molecule has 3 aromatic rings. The van der Waals surface area contributed by atoms with Gasteiger partial charge in [0, 0.05) is 40.2 Å². The molecule has 2 heterocycles. The van der Waals surface area contributed by atoms with Gasteiger partial charge in [-0.05, 0) is 59.4 Å². The highest BCUT2D eigenvalue weighted by Gasteiger charge is 2.61. The average molecular weight is 600 g/mol. The number of benzene rings is 3. The van der Waals surface area contributed by atoms with Crippen molar-refractivity contribution in [2.45, 2.75) is 50.6 Å². The quantitative estimate of drug-likeness (QED) is 0.274. The number of amides is 2. The minimum absolute atomic E-state index is 0.0120. The maximum atomic E-state index is 15.9. The van der Waals surface area contributed by atoms with Gasteiger partial charge >= 0.3 is 0 Å². The molecule has 1 fully saturated rings. The summed E-state index contributed by atoms with van der Waals surface area (Å²) < 4.78 is 21.3. The molecule has 10 heteroatoms. The van der Waals surface area contributed by atoms with Crippen LogP contribution in [0.2, 0.25) is 10.0 Å². The third-order valence-corrected chi connectivity index (χ3v) is 8.63. The van der Waals surface area contributed by atoms with Crippen molar-refractivity contribution in [2.24, 2.45) is 11.1 Å². The number of primary amides is 1. The summed E-state index contributed by atoms with van der Waals surface area (Å²) >= 11 is 12.7. The van der Waals surface area contributed by atoms with Crippen molar-refractivity contribution in [2.75, 3.05) is 24.3 Å². The first-order chi connectivity index (χ1) is 19.4. The Labute approximate surface area is 248 Å². The van der Waals surface area contributed by atoms with Crippen LogP contribution in [0.1, 0.15) is 54.6 Å². The van der Waals surface area contributed by atoms with Gasteiger partial charge in [-0.15, -0.1) is 0 Å². The maximum absolute atomic E-state index is 15.9. The van der Waals surface area contributed by atoms with Crippen LogP contribution in [0.5, 0.6) is 5.75 Å². The first-order valence-corrected chi connectivity index (χ1v) is 14.1. The van der Waals surface area contributed by atoms with Crippen LogP contribution >= 0.6 is 23.2 Å². The molecule has 4 unspecified atom stereocenters. The lowest BCUT2D eigenvalue weighted by Gasteiger charge is -2.39. The van der Waals surface area contributed by atoms with E-state index in [0.717, 1.165) is 11.3 Å². The zero-order valence-corrected chi connectivity index (χ0v) is 24.8. The van der Waals surface area contributed by atoms with Crippen molar-refractivity contribution in [1.29, 1.82) is 0 Å². The van der Waals surface area contributed by atoms with Crippen LogP contribution in [0, 0.1) is 11.2 Å². The van der Waals surface area contributed by atoms with E-state index in [1.807, 2.05) is 18.2 Å². The number of ether oxygens (including phenoxy) is 1. The molecule has 0 aromatic heterocycles. The summed E-state index contributed by atoms with van der Waals surface area (Å²) in [6.07, 6.45) is 0.704. The molecule has 1 saturated heterocycles. The molecule has 3 aromatic carbocycles. The number of hydrogen-bond acceptors (Lipinski definition) is 5. The molecule has 41 heavy (non-hydrogen) atoms. The summed E-state index contributed by atoms with van der Waals surface area (Å²) in [4.78, 5) is 25.9. The lowest BCUT2D eigenvalue weighted by atomic mass is 9.63. The van der Waals surface area contributed by atoms with Crippen molar-refractivity contribution in [1.82, 2.24) is 5.32 Å². The van der Waals surface area contributed by atoms with E-state index >= 15 is 4.39 Å². The van der Waals surface area contributed by atoms with E-state index < -0.39 is 29.1 Å². The van der Waals surface area contributed by atoms with Gasteiger partial charge in [-0.25, -0.2) is 4.39 Å². The highest BCUT2D eigenvalue weighted by molar-refractivity contribution is 6.31. The van der Waals surface area contributed by atoms with Gasteiger partial charge in [-0.2, -0.15) is 0 Å². The van der Waals surface area contributed by atoms with Gasteiger partial charge in [0.1, 0.15) is 11.6 Å². The number of anilines is 2. The second-order valence-electron chi connectivity index (χ2n) is 11.9. The number of rotatable bonds is 6. The SMILES string of the molecule is COc1cc(C(N)=O)ccc1NC(=O)C1NC(CC(C)(C)C)C2(CNc3cc(Cl)ccc32)C1c1cccc(Cl)c1F. The van der Waals surface area contributed by atoms with Crippen molar-refractivity contribution in [3.8, 4) is 5.75 Å². The first kappa shape index (κ1) is 29.2. The van der Waals surface area contributed by atoms with Crippen LogP contribution in [0.25, 0.3) is 0 Å². The van der Waals surface area contributed by atoms with Crippen molar-refractivity contribution < 1.29 is 18.7 Å². The predicted molar refractivity (Wildman–Crippen MR) is 161 cm³/mol. The number of nitrogens with one attached hydrogen (secondary N) is 3. The molecule has 2 aliphatic heterocycles. The molecule has 1 spiro atoms. The van der Waals surface area contributed by atoms with E-state index in [0.29, 0.717) is 29.2 Å². The topological polar surface area (TPSA) is 105 Å². The molecule has 7 nitrogen and oxygen atoms in total. The third-order valence-electron chi connectivity index (χ3n) is 8.10. The molecule has 0 bridgehead atoms. The fourth-order valence-corrected chi connectivity index (χ4v) is 6.78. The largest absolute Gasteiger partial charge is 0.495 e. The Hall–Kier alpha value is -3.33. The van der Waals surface area contributed by atoms with Gasteiger partial charge < -0.3 is 26.4 Å². The van der Waals surface area contributed by atoms with E-state index in [1.54, 1.807) is 18.2 Å². The molecule has 2 aliphatic rings. The Morgan fingerprint density at radius 3 is 2.59 bits per heavy atom. The fourth-order valence-electron chi connectivity index (χ4n) is 6.43. The summed E-state index contributed by atoms with van der Waals surface area (Å²) in [6.45, 7) is 6.89. The number of carbonyl (C=O) groups excluding carboxylic acids is 2. The van der Waals surface area contributed by atoms with Crippen LogP contribution in [0.3, 0.4) is 0 Å². The van der Waals surface area contributed by atoms with E-state index in [4.69, 9.17) is 33.7 Å². The minimum atomic E-state index is -0.848. The normalized spacial score (nSPS) is 23.2. The van der Waals surface area contributed by atoms with Gasteiger partial charge in [0.2, 0.25) is 11.8 Å². The van der Waals surface area contributed by atoms with E-state index in [2.05, 4.69) is 36.7 Å². The first-order valence-electron chi connectivity index (χ1n) is 13.4. The highest BCUT2D eigenvalue weighted by Crippen LogP contribution is 2.56. The molecule has 0 radical (unpaired) electrons. The van der Waals surface area contributed by atoms with Gasteiger partial charge in [0.15, 0.2) is 0 Å². The summed E-state index contributed by atoms with van der Waals surface area (Å²) in [5, 5.41) is 10.6. The van der Waals surface area contributed by atoms with Gasteiger partial charge in [-0.1, -0.05) is 62.2 Å². The minimum Gasteiger partial charge on any atom is -0.495 e. The van der Waals surface area contributed by atoms with Gasteiger partial charge in [-0.3, -0.25) is 9.59 Å². The number of carbonyl (C=O) groups is 2. The van der Waals surface area contributed by atoms with E-state index in [1.165, 1.54) is 25.3 Å². The zero-order valence-electron chi connectivity index (χ0n) is 23.3. The van der Waals surface area contributed by atoms with Crippen LogP contribution in [0.4, 0.5) is 15.8 Å². The Morgan fingerprint density at radius 2 is 1.90 bits per heavy atom. The average Bonchev–Trinajstić information content (AvgIpc) is 3.43. The monoisotopic (exact) mass is 598 g/mol. The number of halogens is 3. The van der Waals surface area contributed by atoms with Crippen molar-refractivity contribution >= 4 is 46.4 Å². The van der Waals surface area contributed by atoms with Crippen LogP contribution < -0.4 is 26.4 Å². The van der Waals surface area contributed by atoms with E-state index in [-0.39, 0.29) is 33.7 Å². The van der Waals surface area contributed by atoms with Crippen LogP contribution in [0.15, 0.2) is 54.6 Å². The number of methoxy groups -OCH3 is 1. The van der Waals surface area contributed by atoms with Gasteiger partial charge in [0.05, 0.1) is 23.9 Å². The molecular weight excluding hydrogens is 566 g/mol. The Morgan fingerprint density at radius 1 is 1.15 bits per heavy atom. The maximum Gasteiger partial charge on any atom is 0.248 e. The molecular formula is C31H33Cl2FN4O3. The molecule has 4 atom stereocenters. The zero-order chi connectivity index (χ0) is 29.7. The van der Waals surface area contributed by atoms with Crippen molar-refractivity contribution in [3.05, 3.63) is 87.2 Å². The van der Waals surface area contributed by atoms with E-state index in [9.17, 15) is 9.59 Å². The van der Waals surface area contributed by atoms with Gasteiger partial charge in [0.25, 0.3) is 0 Å². The Bertz CT molecular complexity index is 1530. The highest BCUT2D eigenvalue weighted by atomic mass is 35.5. The summed E-state index contributed by atoms with van der Waals surface area (Å²) in [6, 6.07) is 14.1. The third kappa shape index (κ3) is 5.25.